The Bertz CT molecular complexity index is 791. The Morgan fingerprint density at radius 1 is 0.933 bits per heavy atom. The van der Waals surface area contributed by atoms with Crippen molar-refractivity contribution in [1.29, 1.82) is 5.26 Å². The summed E-state index contributed by atoms with van der Waals surface area (Å²) < 4.78 is 10.9. The zero-order valence-corrected chi connectivity index (χ0v) is 18.2. The number of benzene rings is 2. The molecule has 0 bridgehead atoms. The molecule has 0 radical (unpaired) electrons. The second-order valence-corrected chi connectivity index (χ2v) is 7.77. The molecule has 0 N–H and O–H groups in total. The first-order chi connectivity index (χ1) is 14.6. The summed E-state index contributed by atoms with van der Waals surface area (Å²) in [6.45, 7) is 5.05. The molecule has 1 unspecified atom stereocenters. The van der Waals surface area contributed by atoms with E-state index in [0.717, 1.165) is 5.56 Å². The maximum absolute atomic E-state index is 11.3. The van der Waals surface area contributed by atoms with Crippen molar-refractivity contribution in [2.24, 2.45) is 0 Å². The summed E-state index contributed by atoms with van der Waals surface area (Å²) >= 11 is 0. The predicted octanol–water partition coefficient (Wildman–Crippen LogP) is 6.94. The van der Waals surface area contributed by atoms with Gasteiger partial charge in [0.15, 0.2) is 0 Å². The van der Waals surface area contributed by atoms with E-state index in [9.17, 15) is 4.79 Å². The van der Waals surface area contributed by atoms with Gasteiger partial charge in [-0.3, -0.25) is 4.79 Å². The molecule has 0 saturated heterocycles. The average molecular weight is 408 g/mol. The minimum Gasteiger partial charge on any atom is -0.489 e. The fraction of sp³-hybridized carbons (Fsp3) is 0.462. The third-order valence-electron chi connectivity index (χ3n) is 5.22. The van der Waals surface area contributed by atoms with Crippen molar-refractivity contribution >= 4 is 5.97 Å². The minimum absolute atomic E-state index is 0.258. The molecule has 0 amide bonds. The van der Waals surface area contributed by atoms with Gasteiger partial charge in [0.25, 0.3) is 0 Å². The number of hydrogen-bond donors (Lipinski definition) is 0. The van der Waals surface area contributed by atoms with Gasteiger partial charge in [0.1, 0.15) is 24.5 Å². The van der Waals surface area contributed by atoms with Crippen LogP contribution in [0, 0.1) is 11.3 Å². The molecule has 2 aromatic carbocycles. The number of carbonyl (C=O) groups is 1. The first-order valence-electron chi connectivity index (χ1n) is 11.0. The van der Waals surface area contributed by atoms with Gasteiger partial charge in [0, 0.05) is 0 Å². The normalized spacial score (nSPS) is 11.5. The van der Waals surface area contributed by atoms with Gasteiger partial charge in [-0.2, -0.15) is 5.26 Å². The summed E-state index contributed by atoms with van der Waals surface area (Å²) in [5.41, 5.74) is 2.51. The Labute approximate surface area is 180 Å². The monoisotopic (exact) mass is 407 g/mol. The quantitative estimate of drug-likeness (QED) is 0.205. The van der Waals surface area contributed by atoms with Gasteiger partial charge in [-0.1, -0.05) is 76.6 Å². The third kappa shape index (κ3) is 8.69. The van der Waals surface area contributed by atoms with Crippen molar-refractivity contribution in [2.75, 3.05) is 0 Å². The summed E-state index contributed by atoms with van der Waals surface area (Å²) in [6, 6.07) is 17.3. The number of carbonyl (C=O) groups excluding carboxylic acids is 1. The number of nitrogens with zero attached hydrogens (tertiary/aromatic N) is 1. The lowest BCUT2D eigenvalue weighted by molar-refractivity contribution is -0.133. The molecule has 2 aromatic rings. The molecule has 1 atom stereocenters. The van der Waals surface area contributed by atoms with Crippen molar-refractivity contribution in [3.8, 4) is 17.6 Å². The first kappa shape index (κ1) is 23.5. The van der Waals surface area contributed by atoms with Gasteiger partial charge >= 0.3 is 5.97 Å². The molecule has 4 nitrogen and oxygen atoms in total. The Morgan fingerprint density at radius 2 is 1.57 bits per heavy atom. The number of hydrogen-bond acceptors (Lipinski definition) is 4. The number of rotatable bonds is 13. The molecule has 0 heterocycles. The minimum atomic E-state index is -0.558. The Morgan fingerprint density at radius 3 is 2.23 bits per heavy atom. The lowest BCUT2D eigenvalue weighted by Crippen LogP contribution is -2.06. The maximum atomic E-state index is 11.3. The second-order valence-electron chi connectivity index (χ2n) is 7.77. The lowest BCUT2D eigenvalue weighted by Gasteiger charge is -2.13. The summed E-state index contributed by atoms with van der Waals surface area (Å²) in [4.78, 5) is 11.3. The Hall–Kier alpha value is -2.80. The molecular formula is C26H33NO3. The van der Waals surface area contributed by atoms with E-state index >= 15 is 0 Å². The van der Waals surface area contributed by atoms with Crippen LogP contribution in [0.25, 0.3) is 0 Å². The van der Waals surface area contributed by atoms with E-state index in [0.29, 0.717) is 24.0 Å². The number of nitriles is 1. The molecule has 0 spiro atoms. The number of unbranched alkanes of at least 4 members (excludes halogenated alkanes) is 5. The molecular weight excluding hydrogens is 374 g/mol. The summed E-state index contributed by atoms with van der Waals surface area (Å²) in [5.74, 6) is 1.14. The zero-order valence-electron chi connectivity index (χ0n) is 18.2. The number of esters is 1. The molecule has 0 aliphatic heterocycles. The van der Waals surface area contributed by atoms with Crippen LogP contribution in [-0.4, -0.2) is 5.97 Å². The standard InChI is InChI=1S/C26H33NO3/c1-3-4-5-6-7-8-9-21(2)23-12-10-22(11-13-23)20-29-24-14-16-25(17-15-24)30-26(28)18-19-27/h10-17,21H,3-9,18,20H2,1-2H3. The second kappa shape index (κ2) is 13.4. The van der Waals surface area contributed by atoms with Crippen LogP contribution in [0.3, 0.4) is 0 Å². The first-order valence-corrected chi connectivity index (χ1v) is 11.0. The fourth-order valence-electron chi connectivity index (χ4n) is 3.34. The molecule has 2 rings (SSSR count). The van der Waals surface area contributed by atoms with E-state index in [2.05, 4.69) is 38.1 Å². The van der Waals surface area contributed by atoms with Crippen LogP contribution in [-0.2, 0) is 11.4 Å². The van der Waals surface area contributed by atoms with Crippen molar-refractivity contribution in [1.82, 2.24) is 0 Å². The zero-order chi connectivity index (χ0) is 21.6. The molecule has 30 heavy (non-hydrogen) atoms. The van der Waals surface area contributed by atoms with Gasteiger partial charge in [-0.05, 0) is 47.7 Å². The van der Waals surface area contributed by atoms with Crippen LogP contribution >= 0.6 is 0 Å². The van der Waals surface area contributed by atoms with E-state index in [-0.39, 0.29) is 6.42 Å². The molecule has 160 valence electrons. The highest BCUT2D eigenvalue weighted by molar-refractivity contribution is 5.74. The van der Waals surface area contributed by atoms with Gasteiger partial charge in [0.05, 0.1) is 6.07 Å². The molecule has 0 saturated carbocycles. The Kier molecular flexibility index (Phi) is 10.5. The van der Waals surface area contributed by atoms with E-state index in [4.69, 9.17) is 14.7 Å². The average Bonchev–Trinajstić information content (AvgIpc) is 2.76. The Balaban J connectivity index is 1.73. The van der Waals surface area contributed by atoms with Crippen LogP contribution in [0.2, 0.25) is 0 Å². The van der Waals surface area contributed by atoms with E-state index in [1.165, 1.54) is 50.5 Å². The van der Waals surface area contributed by atoms with Crippen molar-refractivity contribution in [3.05, 3.63) is 59.7 Å². The van der Waals surface area contributed by atoms with Gasteiger partial charge in [-0.15, -0.1) is 0 Å². The molecule has 0 aromatic heterocycles. The number of ether oxygens (including phenoxy) is 2. The summed E-state index contributed by atoms with van der Waals surface area (Å²) in [7, 11) is 0. The topological polar surface area (TPSA) is 59.3 Å². The van der Waals surface area contributed by atoms with Gasteiger partial charge < -0.3 is 9.47 Å². The highest BCUT2D eigenvalue weighted by Gasteiger charge is 2.07. The highest BCUT2D eigenvalue weighted by Crippen LogP contribution is 2.24. The maximum Gasteiger partial charge on any atom is 0.325 e. The molecule has 4 heteroatoms. The van der Waals surface area contributed by atoms with Crippen LogP contribution in [0.1, 0.15) is 82.3 Å². The van der Waals surface area contributed by atoms with Gasteiger partial charge in [-0.25, -0.2) is 0 Å². The summed E-state index contributed by atoms with van der Waals surface area (Å²) in [5, 5.41) is 8.49. The smallest absolute Gasteiger partial charge is 0.325 e. The van der Waals surface area contributed by atoms with Crippen LogP contribution in [0.4, 0.5) is 0 Å². The van der Waals surface area contributed by atoms with E-state index in [1.54, 1.807) is 30.3 Å². The van der Waals surface area contributed by atoms with Crippen LogP contribution in [0.5, 0.6) is 11.5 Å². The SMILES string of the molecule is CCCCCCCCC(C)c1ccc(COc2ccc(OC(=O)CC#N)cc2)cc1. The predicted molar refractivity (Wildman–Crippen MR) is 119 cm³/mol. The fourth-order valence-corrected chi connectivity index (χ4v) is 3.34. The largest absolute Gasteiger partial charge is 0.489 e. The van der Waals surface area contributed by atoms with E-state index < -0.39 is 5.97 Å². The van der Waals surface area contributed by atoms with Crippen LogP contribution < -0.4 is 9.47 Å². The van der Waals surface area contributed by atoms with Crippen molar-refractivity contribution in [2.45, 2.75) is 77.7 Å². The molecule has 0 aliphatic rings. The van der Waals surface area contributed by atoms with Gasteiger partial charge in [0.2, 0.25) is 0 Å². The molecule has 0 fully saturated rings. The van der Waals surface area contributed by atoms with Crippen molar-refractivity contribution < 1.29 is 14.3 Å². The van der Waals surface area contributed by atoms with Crippen molar-refractivity contribution in [3.63, 3.8) is 0 Å². The molecule has 0 aliphatic carbocycles. The van der Waals surface area contributed by atoms with Crippen LogP contribution in [0.15, 0.2) is 48.5 Å². The lowest BCUT2D eigenvalue weighted by atomic mass is 9.94. The summed E-state index contributed by atoms with van der Waals surface area (Å²) in [6.07, 6.45) is 9.02. The van der Waals surface area contributed by atoms with E-state index in [1.807, 2.05) is 0 Å². The highest BCUT2D eigenvalue weighted by atomic mass is 16.5. The third-order valence-corrected chi connectivity index (χ3v) is 5.22.